The highest BCUT2D eigenvalue weighted by Gasteiger charge is 2.07. The second kappa shape index (κ2) is 6.06. The molecule has 5 heteroatoms. The van der Waals surface area contributed by atoms with Gasteiger partial charge in [0.15, 0.2) is 0 Å². The molecule has 0 aliphatic rings. The first-order valence-corrected chi connectivity index (χ1v) is 7.32. The number of aromatic nitrogens is 1. The molecule has 1 aromatic heterocycles. The van der Waals surface area contributed by atoms with Gasteiger partial charge in [-0.1, -0.05) is 29.4 Å². The van der Waals surface area contributed by atoms with E-state index in [2.05, 4.69) is 20.9 Å². The lowest BCUT2D eigenvalue weighted by Gasteiger charge is -2.08. The third kappa shape index (κ3) is 3.48. The monoisotopic (exact) mass is 343 g/mol. The standard InChI is InChI=1S/C13H11BrClNOS/c1-8(17)9-2-4-12(11(14)6-9)18-13-5-3-10(15)7-16-13/h2-8,17H,1H3/t8-/m1/s1. The van der Waals surface area contributed by atoms with E-state index in [1.54, 1.807) is 24.9 Å². The maximum absolute atomic E-state index is 9.50. The number of aliphatic hydroxyl groups excluding tert-OH is 1. The van der Waals surface area contributed by atoms with Crippen LogP contribution in [0, 0.1) is 0 Å². The van der Waals surface area contributed by atoms with Gasteiger partial charge in [-0.25, -0.2) is 4.98 Å². The lowest BCUT2D eigenvalue weighted by atomic mass is 10.1. The van der Waals surface area contributed by atoms with E-state index in [-0.39, 0.29) is 0 Å². The molecule has 0 radical (unpaired) electrons. The molecular weight excluding hydrogens is 334 g/mol. The van der Waals surface area contributed by atoms with Gasteiger partial charge < -0.3 is 5.11 Å². The lowest BCUT2D eigenvalue weighted by molar-refractivity contribution is 0.199. The molecule has 0 fully saturated rings. The Morgan fingerprint density at radius 3 is 2.67 bits per heavy atom. The van der Waals surface area contributed by atoms with Gasteiger partial charge in [0.25, 0.3) is 0 Å². The molecule has 0 saturated heterocycles. The number of halogens is 2. The van der Waals surface area contributed by atoms with Crippen LogP contribution < -0.4 is 0 Å². The van der Waals surface area contributed by atoms with Crippen molar-refractivity contribution in [3.63, 3.8) is 0 Å². The Labute approximate surface area is 124 Å². The molecule has 18 heavy (non-hydrogen) atoms. The van der Waals surface area contributed by atoms with Crippen molar-refractivity contribution in [2.75, 3.05) is 0 Å². The van der Waals surface area contributed by atoms with Crippen LogP contribution in [-0.2, 0) is 0 Å². The van der Waals surface area contributed by atoms with E-state index in [0.29, 0.717) is 5.02 Å². The summed E-state index contributed by atoms with van der Waals surface area (Å²) >= 11 is 10.8. The van der Waals surface area contributed by atoms with Crippen LogP contribution in [0.4, 0.5) is 0 Å². The Morgan fingerprint density at radius 1 is 1.33 bits per heavy atom. The predicted octanol–water partition coefficient (Wildman–Crippen LogP) is 4.70. The van der Waals surface area contributed by atoms with E-state index >= 15 is 0 Å². The van der Waals surface area contributed by atoms with E-state index in [1.165, 1.54) is 0 Å². The second-order valence-electron chi connectivity index (χ2n) is 3.78. The van der Waals surface area contributed by atoms with Gasteiger partial charge in [-0.15, -0.1) is 0 Å². The van der Waals surface area contributed by atoms with Crippen LogP contribution in [-0.4, -0.2) is 10.1 Å². The van der Waals surface area contributed by atoms with E-state index in [0.717, 1.165) is 20.0 Å². The largest absolute Gasteiger partial charge is 0.389 e. The first-order chi connectivity index (χ1) is 8.56. The van der Waals surface area contributed by atoms with Gasteiger partial charge in [-0.2, -0.15) is 0 Å². The third-order valence-corrected chi connectivity index (χ3v) is 4.52. The highest BCUT2D eigenvalue weighted by atomic mass is 79.9. The number of aliphatic hydroxyl groups is 1. The summed E-state index contributed by atoms with van der Waals surface area (Å²) in [7, 11) is 0. The molecule has 0 saturated carbocycles. The topological polar surface area (TPSA) is 33.1 Å². The number of rotatable bonds is 3. The molecule has 2 nitrogen and oxygen atoms in total. The van der Waals surface area contributed by atoms with Gasteiger partial charge in [-0.05, 0) is 52.7 Å². The Morgan fingerprint density at radius 2 is 2.11 bits per heavy atom. The molecule has 1 N–H and O–H groups in total. The van der Waals surface area contributed by atoms with Crippen molar-refractivity contribution in [2.45, 2.75) is 22.9 Å². The van der Waals surface area contributed by atoms with Crippen molar-refractivity contribution >= 4 is 39.3 Å². The minimum absolute atomic E-state index is 0.464. The fraction of sp³-hybridized carbons (Fsp3) is 0.154. The van der Waals surface area contributed by atoms with Crippen LogP contribution in [0.3, 0.4) is 0 Å². The lowest BCUT2D eigenvalue weighted by Crippen LogP contribution is -1.91. The van der Waals surface area contributed by atoms with Gasteiger partial charge in [0.05, 0.1) is 11.1 Å². The molecule has 94 valence electrons. The van der Waals surface area contributed by atoms with E-state index in [4.69, 9.17) is 11.6 Å². The smallest absolute Gasteiger partial charge is 0.101 e. The fourth-order valence-corrected chi connectivity index (χ4v) is 2.91. The van der Waals surface area contributed by atoms with E-state index in [1.807, 2.05) is 30.3 Å². The summed E-state index contributed by atoms with van der Waals surface area (Å²) in [4.78, 5) is 5.28. The maximum atomic E-state index is 9.50. The minimum atomic E-state index is -0.464. The van der Waals surface area contributed by atoms with Crippen molar-refractivity contribution in [1.29, 1.82) is 0 Å². The first kappa shape index (κ1) is 13.9. The average Bonchev–Trinajstić information content (AvgIpc) is 2.34. The summed E-state index contributed by atoms with van der Waals surface area (Å²) in [6.07, 6.45) is 1.16. The average molecular weight is 345 g/mol. The zero-order valence-corrected chi connectivity index (χ0v) is 12.8. The molecule has 2 rings (SSSR count). The molecule has 0 bridgehead atoms. The molecule has 2 aromatic rings. The van der Waals surface area contributed by atoms with Crippen LogP contribution >= 0.6 is 39.3 Å². The Hall–Kier alpha value is -0.550. The van der Waals surface area contributed by atoms with Crippen molar-refractivity contribution in [3.8, 4) is 0 Å². The highest BCUT2D eigenvalue weighted by molar-refractivity contribution is 9.10. The number of benzene rings is 1. The SMILES string of the molecule is C[C@@H](O)c1ccc(Sc2ccc(Cl)cn2)c(Br)c1. The Bertz CT molecular complexity index is 545. The van der Waals surface area contributed by atoms with E-state index in [9.17, 15) is 5.11 Å². The molecular formula is C13H11BrClNOS. The van der Waals surface area contributed by atoms with Crippen LogP contribution in [0.15, 0.2) is 50.9 Å². The molecule has 1 atom stereocenters. The zero-order chi connectivity index (χ0) is 13.1. The van der Waals surface area contributed by atoms with Crippen LogP contribution in [0.25, 0.3) is 0 Å². The minimum Gasteiger partial charge on any atom is -0.389 e. The summed E-state index contributed by atoms with van der Waals surface area (Å²) in [6.45, 7) is 1.75. The van der Waals surface area contributed by atoms with Gasteiger partial charge in [-0.3, -0.25) is 0 Å². The summed E-state index contributed by atoms with van der Waals surface area (Å²) in [5, 5.41) is 11.0. The second-order valence-corrected chi connectivity index (χ2v) is 6.14. The predicted molar refractivity (Wildman–Crippen MR) is 78.1 cm³/mol. The molecule has 0 amide bonds. The van der Waals surface area contributed by atoms with Crippen LogP contribution in [0.1, 0.15) is 18.6 Å². The van der Waals surface area contributed by atoms with Gasteiger partial charge >= 0.3 is 0 Å². The zero-order valence-electron chi connectivity index (χ0n) is 9.60. The summed E-state index contributed by atoms with van der Waals surface area (Å²) in [5.74, 6) is 0. The molecule has 0 unspecified atom stereocenters. The van der Waals surface area contributed by atoms with E-state index < -0.39 is 6.10 Å². The van der Waals surface area contributed by atoms with Crippen molar-refractivity contribution in [2.24, 2.45) is 0 Å². The number of hydrogen-bond acceptors (Lipinski definition) is 3. The molecule has 1 heterocycles. The molecule has 0 aliphatic carbocycles. The first-order valence-electron chi connectivity index (χ1n) is 5.33. The van der Waals surface area contributed by atoms with Crippen LogP contribution in [0.5, 0.6) is 0 Å². The molecule has 0 spiro atoms. The molecule has 0 aliphatic heterocycles. The Balaban J connectivity index is 2.22. The number of nitrogens with zero attached hydrogens (tertiary/aromatic N) is 1. The van der Waals surface area contributed by atoms with Gasteiger partial charge in [0, 0.05) is 15.6 Å². The summed E-state index contributed by atoms with van der Waals surface area (Å²) in [5.41, 5.74) is 0.885. The van der Waals surface area contributed by atoms with Crippen molar-refractivity contribution in [3.05, 3.63) is 51.6 Å². The molecule has 1 aromatic carbocycles. The van der Waals surface area contributed by atoms with Gasteiger partial charge in [0.1, 0.15) is 5.03 Å². The summed E-state index contributed by atoms with van der Waals surface area (Å²) < 4.78 is 0.947. The fourth-order valence-electron chi connectivity index (χ4n) is 1.40. The number of pyridine rings is 1. The Kier molecular flexibility index (Phi) is 4.67. The van der Waals surface area contributed by atoms with Crippen molar-refractivity contribution < 1.29 is 5.11 Å². The normalized spacial score (nSPS) is 12.4. The summed E-state index contributed by atoms with van der Waals surface area (Å²) in [6, 6.07) is 9.49. The van der Waals surface area contributed by atoms with Gasteiger partial charge in [0.2, 0.25) is 0 Å². The number of hydrogen-bond donors (Lipinski definition) is 1. The maximum Gasteiger partial charge on any atom is 0.101 e. The van der Waals surface area contributed by atoms with Crippen LogP contribution in [0.2, 0.25) is 5.02 Å². The third-order valence-electron chi connectivity index (χ3n) is 2.35. The quantitative estimate of drug-likeness (QED) is 0.876. The van der Waals surface area contributed by atoms with Crippen molar-refractivity contribution in [1.82, 2.24) is 4.98 Å². The highest BCUT2D eigenvalue weighted by Crippen LogP contribution is 2.34.